The molecule has 5 heteroatoms. The zero-order valence-electron chi connectivity index (χ0n) is 6.79. The van der Waals surface area contributed by atoms with Crippen LogP contribution < -0.4 is 34.7 Å². The van der Waals surface area contributed by atoms with E-state index in [2.05, 4.69) is 5.10 Å². The summed E-state index contributed by atoms with van der Waals surface area (Å²) in [4.78, 5) is 10.2. The van der Waals surface area contributed by atoms with Gasteiger partial charge in [-0.2, -0.15) is 5.10 Å². The summed E-state index contributed by atoms with van der Waals surface area (Å²) in [5, 5.41) is 13.8. The van der Waals surface area contributed by atoms with Gasteiger partial charge in [0.1, 0.15) is 5.69 Å². The summed E-state index contributed by atoms with van der Waals surface area (Å²) >= 11 is 0. The molecule has 0 N–H and O–H groups in total. The topological polar surface area (TPSA) is 57.9 Å². The van der Waals surface area contributed by atoms with Gasteiger partial charge < -0.3 is 9.90 Å². The van der Waals surface area contributed by atoms with E-state index in [0.717, 1.165) is 5.69 Å². The Morgan fingerprint density at radius 1 is 1.73 bits per heavy atom. The van der Waals surface area contributed by atoms with Crippen molar-refractivity contribution in [1.29, 1.82) is 0 Å². The first-order valence-corrected chi connectivity index (χ1v) is 2.83. The maximum atomic E-state index is 10.2. The second-order valence-corrected chi connectivity index (χ2v) is 2.08. The quantitative estimate of drug-likeness (QED) is 0.396. The van der Waals surface area contributed by atoms with Crippen molar-refractivity contribution in [3.05, 3.63) is 17.5 Å². The third kappa shape index (κ3) is 2.32. The van der Waals surface area contributed by atoms with Gasteiger partial charge in [0.2, 0.25) is 0 Å². The van der Waals surface area contributed by atoms with Crippen molar-refractivity contribution < 1.29 is 39.5 Å². The minimum atomic E-state index is -1.23. The van der Waals surface area contributed by atoms with E-state index >= 15 is 0 Å². The van der Waals surface area contributed by atoms with Gasteiger partial charge in [-0.25, -0.2) is 0 Å². The zero-order valence-corrected chi connectivity index (χ0v) is 8.79. The van der Waals surface area contributed by atoms with Gasteiger partial charge in [0.25, 0.3) is 0 Å². The van der Waals surface area contributed by atoms with Gasteiger partial charge in [-0.3, -0.25) is 4.68 Å². The SMILES string of the molecule is Cc1cc(C(=O)[O-])nn1C.[Na+]. The normalized spacial score (nSPS) is 8.91. The maximum absolute atomic E-state index is 10.2. The van der Waals surface area contributed by atoms with E-state index in [-0.39, 0.29) is 35.3 Å². The Kier molecular flexibility index (Phi) is 3.78. The van der Waals surface area contributed by atoms with E-state index in [4.69, 9.17) is 0 Å². The van der Waals surface area contributed by atoms with Crippen molar-refractivity contribution in [2.45, 2.75) is 6.92 Å². The summed E-state index contributed by atoms with van der Waals surface area (Å²) in [5.74, 6) is -1.23. The van der Waals surface area contributed by atoms with Crippen molar-refractivity contribution in [3.63, 3.8) is 0 Å². The molecule has 4 nitrogen and oxygen atoms in total. The molecule has 0 aromatic carbocycles. The van der Waals surface area contributed by atoms with Crippen LogP contribution in [0.4, 0.5) is 0 Å². The van der Waals surface area contributed by atoms with Crippen LogP contribution in [0, 0.1) is 6.92 Å². The van der Waals surface area contributed by atoms with Crippen LogP contribution in [-0.2, 0) is 7.05 Å². The second-order valence-electron chi connectivity index (χ2n) is 2.08. The minimum Gasteiger partial charge on any atom is -0.543 e. The molecule has 0 aliphatic carbocycles. The number of carboxylic acids is 1. The summed E-state index contributed by atoms with van der Waals surface area (Å²) in [6.07, 6.45) is 0. The number of nitrogens with zero attached hydrogens (tertiary/aromatic N) is 2. The molecule has 11 heavy (non-hydrogen) atoms. The van der Waals surface area contributed by atoms with Crippen molar-refractivity contribution in [1.82, 2.24) is 9.78 Å². The number of carboxylic acid groups (broad SMARTS) is 1. The molecule has 0 aliphatic heterocycles. The Labute approximate surface area is 86.5 Å². The number of aromatic carboxylic acids is 1. The average molecular weight is 162 g/mol. The standard InChI is InChI=1S/C6H8N2O2.Na/c1-4-3-5(6(9)10)7-8(4)2;/h3H,1-2H3,(H,9,10);/q;+1/p-1. The molecule has 0 atom stereocenters. The number of rotatable bonds is 1. The number of hydrogen-bond donors (Lipinski definition) is 0. The predicted molar refractivity (Wildman–Crippen MR) is 32.3 cm³/mol. The molecule has 0 bridgehead atoms. The summed E-state index contributed by atoms with van der Waals surface area (Å²) in [5.41, 5.74) is 0.791. The monoisotopic (exact) mass is 162 g/mol. The number of hydrogen-bond acceptors (Lipinski definition) is 3. The van der Waals surface area contributed by atoms with Gasteiger partial charge >= 0.3 is 29.6 Å². The van der Waals surface area contributed by atoms with E-state index in [0.29, 0.717) is 0 Å². The van der Waals surface area contributed by atoms with Gasteiger partial charge in [0, 0.05) is 12.7 Å². The molecule has 0 aliphatic rings. The molecule has 0 fully saturated rings. The third-order valence-electron chi connectivity index (χ3n) is 1.32. The second kappa shape index (κ2) is 3.90. The fourth-order valence-electron chi connectivity index (χ4n) is 0.660. The predicted octanol–water partition coefficient (Wildman–Crippen LogP) is -3.90. The molecular formula is C6H7N2NaO2. The molecule has 0 saturated carbocycles. The van der Waals surface area contributed by atoms with Crippen LogP contribution in [0.25, 0.3) is 0 Å². The van der Waals surface area contributed by atoms with E-state index in [1.165, 1.54) is 10.7 Å². The molecule has 1 heterocycles. The Morgan fingerprint density at radius 2 is 2.27 bits per heavy atom. The van der Waals surface area contributed by atoms with Crippen LogP contribution in [0.1, 0.15) is 16.2 Å². The molecule has 0 unspecified atom stereocenters. The van der Waals surface area contributed by atoms with E-state index in [1.807, 2.05) is 0 Å². The minimum absolute atomic E-state index is 0. The molecule has 1 aromatic heterocycles. The Bertz CT molecular complexity index is 250. The molecule has 0 spiro atoms. The number of carbonyl (C=O) groups is 1. The maximum Gasteiger partial charge on any atom is 1.00 e. The van der Waals surface area contributed by atoms with Gasteiger partial charge in [0.05, 0.1) is 5.97 Å². The van der Waals surface area contributed by atoms with Crippen LogP contribution in [-0.4, -0.2) is 15.7 Å². The number of carbonyl (C=O) groups excluding carboxylic acids is 1. The van der Waals surface area contributed by atoms with Crippen molar-refractivity contribution >= 4 is 5.97 Å². The zero-order chi connectivity index (χ0) is 7.72. The summed E-state index contributed by atoms with van der Waals surface area (Å²) in [6, 6.07) is 1.47. The molecule has 1 rings (SSSR count). The Hall–Kier alpha value is -0.320. The molecular weight excluding hydrogens is 155 g/mol. The third-order valence-corrected chi connectivity index (χ3v) is 1.32. The first-order chi connectivity index (χ1) is 4.61. The van der Waals surface area contributed by atoms with Crippen LogP contribution in [0.2, 0.25) is 0 Å². The van der Waals surface area contributed by atoms with E-state index in [1.54, 1.807) is 14.0 Å². The fraction of sp³-hybridized carbons (Fsp3) is 0.333. The van der Waals surface area contributed by atoms with Gasteiger partial charge in [0.15, 0.2) is 0 Å². The summed E-state index contributed by atoms with van der Waals surface area (Å²) in [7, 11) is 1.68. The van der Waals surface area contributed by atoms with Gasteiger partial charge in [-0.1, -0.05) is 0 Å². The van der Waals surface area contributed by atoms with Crippen LogP contribution in [0.15, 0.2) is 6.07 Å². The molecule has 0 saturated heterocycles. The van der Waals surface area contributed by atoms with Crippen LogP contribution in [0.5, 0.6) is 0 Å². The summed E-state index contributed by atoms with van der Waals surface area (Å²) in [6.45, 7) is 1.78. The van der Waals surface area contributed by atoms with Gasteiger partial charge in [-0.15, -0.1) is 0 Å². The smallest absolute Gasteiger partial charge is 0.543 e. The largest absolute Gasteiger partial charge is 1.00 e. The van der Waals surface area contributed by atoms with Gasteiger partial charge in [-0.05, 0) is 13.0 Å². The Morgan fingerprint density at radius 3 is 2.45 bits per heavy atom. The summed E-state index contributed by atoms with van der Waals surface area (Å²) < 4.78 is 1.49. The van der Waals surface area contributed by atoms with Crippen molar-refractivity contribution in [2.24, 2.45) is 7.05 Å². The van der Waals surface area contributed by atoms with E-state index < -0.39 is 5.97 Å². The first-order valence-electron chi connectivity index (χ1n) is 2.83. The molecule has 0 radical (unpaired) electrons. The number of aromatic nitrogens is 2. The Balaban J connectivity index is 0.000001000. The molecule has 0 amide bonds. The van der Waals surface area contributed by atoms with Crippen LogP contribution >= 0.6 is 0 Å². The fourth-order valence-corrected chi connectivity index (χ4v) is 0.660. The van der Waals surface area contributed by atoms with Crippen LogP contribution in [0.3, 0.4) is 0 Å². The number of aryl methyl sites for hydroxylation is 2. The molecule has 54 valence electrons. The van der Waals surface area contributed by atoms with Crippen molar-refractivity contribution in [2.75, 3.05) is 0 Å². The average Bonchev–Trinajstić information content (AvgIpc) is 2.13. The first kappa shape index (κ1) is 10.7. The van der Waals surface area contributed by atoms with Crippen molar-refractivity contribution in [3.8, 4) is 0 Å². The molecule has 1 aromatic rings. The van der Waals surface area contributed by atoms with E-state index in [9.17, 15) is 9.90 Å².